The van der Waals surface area contributed by atoms with Crippen LogP contribution in [0.3, 0.4) is 0 Å². The van der Waals surface area contributed by atoms with Crippen LogP contribution in [0.4, 0.5) is 0 Å². The van der Waals surface area contributed by atoms with Crippen LogP contribution in [0.15, 0.2) is 28.7 Å². The Morgan fingerprint density at radius 3 is 2.41 bits per heavy atom. The van der Waals surface area contributed by atoms with E-state index in [4.69, 9.17) is 4.74 Å². The number of hydrogen-bond acceptors (Lipinski definition) is 3. The van der Waals surface area contributed by atoms with Gasteiger partial charge in [0.05, 0.1) is 7.11 Å². The minimum Gasteiger partial charge on any atom is -0.468 e. The first-order valence-corrected chi connectivity index (χ1v) is 6.29. The molecule has 1 aliphatic rings. The summed E-state index contributed by atoms with van der Waals surface area (Å²) in [6, 6.07) is 7.17. The standard InChI is InChI=1S/C13H13BrO3/c1-17-12(16)13(7-4-8-13)11(15)9-5-2-3-6-10(9)14/h2-3,5-6H,4,7-8H2,1H3. The molecule has 4 heteroatoms. The summed E-state index contributed by atoms with van der Waals surface area (Å²) in [7, 11) is 1.33. The predicted molar refractivity (Wildman–Crippen MR) is 66.8 cm³/mol. The van der Waals surface area contributed by atoms with E-state index >= 15 is 0 Å². The van der Waals surface area contributed by atoms with Crippen LogP contribution in [0.1, 0.15) is 29.6 Å². The van der Waals surface area contributed by atoms with Gasteiger partial charge in [-0.05, 0) is 18.9 Å². The number of halogens is 1. The summed E-state index contributed by atoms with van der Waals surface area (Å²) in [5.74, 6) is -0.549. The molecular formula is C13H13BrO3. The average molecular weight is 297 g/mol. The van der Waals surface area contributed by atoms with E-state index in [2.05, 4.69) is 15.9 Å². The van der Waals surface area contributed by atoms with Crippen molar-refractivity contribution in [1.82, 2.24) is 0 Å². The molecule has 1 aromatic rings. The number of carbonyl (C=O) groups is 2. The number of ketones is 1. The van der Waals surface area contributed by atoms with Crippen LogP contribution in [-0.2, 0) is 9.53 Å². The fraction of sp³-hybridized carbons (Fsp3) is 0.385. The summed E-state index contributed by atoms with van der Waals surface area (Å²) in [4.78, 5) is 24.2. The molecule has 1 aromatic carbocycles. The normalized spacial score (nSPS) is 17.1. The van der Waals surface area contributed by atoms with Crippen molar-refractivity contribution in [2.24, 2.45) is 5.41 Å². The van der Waals surface area contributed by atoms with Gasteiger partial charge >= 0.3 is 5.97 Å². The van der Waals surface area contributed by atoms with Crippen molar-refractivity contribution in [3.05, 3.63) is 34.3 Å². The zero-order valence-corrected chi connectivity index (χ0v) is 11.1. The molecule has 3 nitrogen and oxygen atoms in total. The number of methoxy groups -OCH3 is 1. The topological polar surface area (TPSA) is 43.4 Å². The van der Waals surface area contributed by atoms with Crippen molar-refractivity contribution < 1.29 is 14.3 Å². The first-order valence-electron chi connectivity index (χ1n) is 5.49. The number of benzene rings is 1. The van der Waals surface area contributed by atoms with E-state index in [9.17, 15) is 9.59 Å². The van der Waals surface area contributed by atoms with Gasteiger partial charge in [0.2, 0.25) is 0 Å². The molecule has 0 bridgehead atoms. The Labute approximate surface area is 108 Å². The molecule has 0 spiro atoms. The largest absolute Gasteiger partial charge is 0.468 e. The van der Waals surface area contributed by atoms with Crippen molar-refractivity contribution in [3.63, 3.8) is 0 Å². The van der Waals surface area contributed by atoms with Gasteiger partial charge in [0.25, 0.3) is 0 Å². The monoisotopic (exact) mass is 296 g/mol. The Morgan fingerprint density at radius 1 is 1.29 bits per heavy atom. The quantitative estimate of drug-likeness (QED) is 0.489. The molecule has 0 radical (unpaired) electrons. The lowest BCUT2D eigenvalue weighted by atomic mass is 9.64. The highest BCUT2D eigenvalue weighted by Gasteiger charge is 2.52. The van der Waals surface area contributed by atoms with Crippen LogP contribution < -0.4 is 0 Å². The highest BCUT2D eigenvalue weighted by atomic mass is 79.9. The van der Waals surface area contributed by atoms with Crippen LogP contribution in [0, 0.1) is 5.41 Å². The molecule has 90 valence electrons. The van der Waals surface area contributed by atoms with E-state index in [1.807, 2.05) is 6.07 Å². The highest BCUT2D eigenvalue weighted by Crippen LogP contribution is 2.45. The number of esters is 1. The van der Waals surface area contributed by atoms with Gasteiger partial charge in [-0.3, -0.25) is 9.59 Å². The first kappa shape index (κ1) is 12.3. The summed E-state index contributed by atoms with van der Waals surface area (Å²) in [6.45, 7) is 0. The first-order chi connectivity index (χ1) is 8.12. The smallest absolute Gasteiger partial charge is 0.319 e. The fourth-order valence-electron chi connectivity index (χ4n) is 2.15. The average Bonchev–Trinajstić information content (AvgIpc) is 2.27. The van der Waals surface area contributed by atoms with E-state index < -0.39 is 11.4 Å². The Bertz CT molecular complexity index is 463. The Kier molecular flexibility index (Phi) is 3.33. The third kappa shape index (κ3) is 1.90. The number of hydrogen-bond donors (Lipinski definition) is 0. The third-order valence-corrected chi connectivity index (χ3v) is 4.03. The van der Waals surface area contributed by atoms with Gasteiger partial charge < -0.3 is 4.74 Å². The van der Waals surface area contributed by atoms with Crippen LogP contribution in [0.5, 0.6) is 0 Å². The van der Waals surface area contributed by atoms with E-state index in [1.54, 1.807) is 18.2 Å². The SMILES string of the molecule is COC(=O)C1(C(=O)c2ccccc2Br)CCC1. The second kappa shape index (κ2) is 4.61. The second-order valence-electron chi connectivity index (χ2n) is 4.24. The summed E-state index contributed by atoms with van der Waals surface area (Å²) in [5.41, 5.74) is -0.392. The zero-order valence-electron chi connectivity index (χ0n) is 9.53. The van der Waals surface area contributed by atoms with E-state index in [0.29, 0.717) is 18.4 Å². The van der Waals surface area contributed by atoms with Gasteiger partial charge in [0.15, 0.2) is 5.78 Å². The minimum atomic E-state index is -0.946. The fourth-order valence-corrected chi connectivity index (χ4v) is 2.62. The Morgan fingerprint density at radius 2 is 1.94 bits per heavy atom. The Balaban J connectivity index is 2.37. The minimum absolute atomic E-state index is 0.136. The van der Waals surface area contributed by atoms with Gasteiger partial charge in [-0.25, -0.2) is 0 Å². The van der Waals surface area contributed by atoms with E-state index in [-0.39, 0.29) is 5.78 Å². The molecule has 0 aromatic heterocycles. The maximum absolute atomic E-state index is 12.4. The molecule has 0 aliphatic heterocycles. The lowest BCUT2D eigenvalue weighted by Crippen LogP contribution is -2.46. The number of Topliss-reactive ketones (excluding diaryl/α,β-unsaturated/α-hetero) is 1. The van der Waals surface area contributed by atoms with E-state index in [0.717, 1.165) is 10.9 Å². The van der Waals surface area contributed by atoms with Gasteiger partial charge in [-0.1, -0.05) is 40.5 Å². The maximum atomic E-state index is 12.4. The molecular weight excluding hydrogens is 284 g/mol. The molecule has 0 heterocycles. The van der Waals surface area contributed by atoms with Gasteiger partial charge in [-0.2, -0.15) is 0 Å². The lowest BCUT2D eigenvalue weighted by Gasteiger charge is -2.37. The lowest BCUT2D eigenvalue weighted by molar-refractivity contribution is -0.153. The molecule has 0 amide bonds. The summed E-state index contributed by atoms with van der Waals surface area (Å²) in [6.07, 6.45) is 2.06. The molecule has 0 saturated heterocycles. The maximum Gasteiger partial charge on any atom is 0.319 e. The zero-order chi connectivity index (χ0) is 12.5. The molecule has 0 atom stereocenters. The molecule has 1 saturated carbocycles. The third-order valence-electron chi connectivity index (χ3n) is 3.34. The molecule has 17 heavy (non-hydrogen) atoms. The number of ether oxygens (including phenoxy) is 1. The van der Waals surface area contributed by atoms with Crippen molar-refractivity contribution in [3.8, 4) is 0 Å². The van der Waals surface area contributed by atoms with Crippen LogP contribution in [-0.4, -0.2) is 18.9 Å². The van der Waals surface area contributed by atoms with Crippen molar-refractivity contribution in [2.75, 3.05) is 7.11 Å². The molecule has 2 rings (SSSR count). The second-order valence-corrected chi connectivity index (χ2v) is 5.09. The predicted octanol–water partition coefficient (Wildman–Crippen LogP) is 2.98. The van der Waals surface area contributed by atoms with Gasteiger partial charge in [0.1, 0.15) is 5.41 Å². The number of rotatable bonds is 3. The van der Waals surface area contributed by atoms with Crippen LogP contribution >= 0.6 is 15.9 Å². The molecule has 0 N–H and O–H groups in total. The summed E-state index contributed by atoms with van der Waals surface area (Å²) in [5, 5.41) is 0. The van der Waals surface area contributed by atoms with Crippen LogP contribution in [0.2, 0.25) is 0 Å². The van der Waals surface area contributed by atoms with Crippen molar-refractivity contribution in [1.29, 1.82) is 0 Å². The molecule has 1 aliphatic carbocycles. The Hall–Kier alpha value is -1.16. The highest BCUT2D eigenvalue weighted by molar-refractivity contribution is 9.10. The summed E-state index contributed by atoms with van der Waals surface area (Å²) < 4.78 is 5.49. The van der Waals surface area contributed by atoms with E-state index in [1.165, 1.54) is 7.11 Å². The van der Waals surface area contributed by atoms with Crippen molar-refractivity contribution in [2.45, 2.75) is 19.3 Å². The van der Waals surface area contributed by atoms with Crippen molar-refractivity contribution >= 4 is 27.7 Å². The molecule has 0 unspecified atom stereocenters. The van der Waals surface area contributed by atoms with Gasteiger partial charge in [-0.15, -0.1) is 0 Å². The van der Waals surface area contributed by atoms with Crippen LogP contribution in [0.25, 0.3) is 0 Å². The number of carbonyl (C=O) groups excluding carboxylic acids is 2. The molecule has 1 fully saturated rings. The summed E-state index contributed by atoms with van der Waals surface area (Å²) >= 11 is 3.34. The van der Waals surface area contributed by atoms with Gasteiger partial charge in [0, 0.05) is 10.0 Å².